The molecule has 1 heterocycles. The molecular weight excluding hydrogens is 300 g/mol. The second kappa shape index (κ2) is 8.42. The smallest absolute Gasteiger partial charge is 0.329 e. The number of alkyl halides is 2. The van der Waals surface area contributed by atoms with Crippen molar-refractivity contribution >= 4 is 11.9 Å². The third-order valence-corrected chi connectivity index (χ3v) is 2.63. The predicted octanol–water partition coefficient (Wildman–Crippen LogP) is 1.31. The Morgan fingerprint density at radius 1 is 1.45 bits per heavy atom. The molecule has 0 radical (unpaired) electrons. The van der Waals surface area contributed by atoms with Crippen LogP contribution in [0.4, 0.5) is 8.78 Å². The number of carboxylic acid groups (broad SMARTS) is 1. The summed E-state index contributed by atoms with van der Waals surface area (Å²) in [6, 6.07) is 0. The van der Waals surface area contributed by atoms with Gasteiger partial charge >= 0.3 is 5.97 Å². The van der Waals surface area contributed by atoms with Gasteiger partial charge in [-0.3, -0.25) is 9.48 Å². The highest BCUT2D eigenvalue weighted by molar-refractivity contribution is 5.95. The van der Waals surface area contributed by atoms with E-state index in [-0.39, 0.29) is 31.2 Å². The number of hydrogen-bond acceptors (Lipinski definition) is 4. The van der Waals surface area contributed by atoms with Crippen LogP contribution in [0.1, 0.15) is 36.3 Å². The second-order valence-electron chi connectivity index (χ2n) is 5.02. The van der Waals surface area contributed by atoms with E-state index in [0.29, 0.717) is 0 Å². The number of carbonyl (C=O) groups excluding carboxylic acids is 1. The van der Waals surface area contributed by atoms with Gasteiger partial charge in [-0.2, -0.15) is 5.10 Å². The van der Waals surface area contributed by atoms with Gasteiger partial charge < -0.3 is 15.2 Å². The number of ether oxygens (including phenoxy) is 1. The van der Waals surface area contributed by atoms with Gasteiger partial charge in [0, 0.05) is 13.1 Å². The summed E-state index contributed by atoms with van der Waals surface area (Å²) >= 11 is 0. The Kier molecular flexibility index (Phi) is 6.90. The largest absolute Gasteiger partial charge is 0.480 e. The first-order valence-corrected chi connectivity index (χ1v) is 6.74. The maximum atomic E-state index is 13.1. The minimum Gasteiger partial charge on any atom is -0.480 e. The van der Waals surface area contributed by atoms with Gasteiger partial charge in [-0.05, 0) is 5.92 Å². The standard InChI is InChI=1S/C13H19F2N3O4/c1-8(2)6-18-11(12(14)15)9(5-17-18)13(21)16-3-4-22-7-10(19)20/h5,8,12H,3-4,6-7H2,1-2H3,(H,16,21)(H,19,20). The first kappa shape index (κ1) is 18.0. The number of carbonyl (C=O) groups is 2. The van der Waals surface area contributed by atoms with Crippen LogP contribution < -0.4 is 5.32 Å². The van der Waals surface area contributed by atoms with Gasteiger partial charge in [0.1, 0.15) is 12.3 Å². The summed E-state index contributed by atoms with van der Waals surface area (Å²) in [4.78, 5) is 22.1. The van der Waals surface area contributed by atoms with Gasteiger partial charge in [-0.25, -0.2) is 13.6 Å². The van der Waals surface area contributed by atoms with Crippen molar-refractivity contribution in [2.24, 2.45) is 5.92 Å². The molecule has 1 rings (SSSR count). The molecule has 22 heavy (non-hydrogen) atoms. The van der Waals surface area contributed by atoms with E-state index >= 15 is 0 Å². The number of carboxylic acids is 1. The number of aliphatic carboxylic acids is 1. The molecule has 2 N–H and O–H groups in total. The lowest BCUT2D eigenvalue weighted by molar-refractivity contribution is -0.142. The molecule has 0 aliphatic rings. The van der Waals surface area contributed by atoms with Gasteiger partial charge in [-0.1, -0.05) is 13.8 Å². The van der Waals surface area contributed by atoms with E-state index in [2.05, 4.69) is 10.4 Å². The highest BCUT2D eigenvalue weighted by Gasteiger charge is 2.24. The van der Waals surface area contributed by atoms with Crippen molar-refractivity contribution in [2.45, 2.75) is 26.8 Å². The summed E-state index contributed by atoms with van der Waals surface area (Å²) in [5.74, 6) is -1.71. The summed E-state index contributed by atoms with van der Waals surface area (Å²) in [5.41, 5.74) is -0.605. The van der Waals surface area contributed by atoms with E-state index in [1.165, 1.54) is 0 Å². The molecule has 0 spiro atoms. The second-order valence-corrected chi connectivity index (χ2v) is 5.02. The van der Waals surface area contributed by atoms with Gasteiger partial charge in [0.25, 0.3) is 12.3 Å². The fourth-order valence-electron chi connectivity index (χ4n) is 1.78. The molecule has 1 aromatic rings. The van der Waals surface area contributed by atoms with Gasteiger partial charge in [0.05, 0.1) is 18.4 Å². The number of amides is 1. The Balaban J connectivity index is 2.64. The van der Waals surface area contributed by atoms with E-state index < -0.39 is 30.6 Å². The van der Waals surface area contributed by atoms with Crippen LogP contribution in [0.3, 0.4) is 0 Å². The zero-order chi connectivity index (χ0) is 16.7. The molecule has 9 heteroatoms. The van der Waals surface area contributed by atoms with E-state index in [9.17, 15) is 18.4 Å². The molecule has 7 nitrogen and oxygen atoms in total. The molecular formula is C13H19F2N3O4. The van der Waals surface area contributed by atoms with Crippen LogP contribution >= 0.6 is 0 Å². The minimum atomic E-state index is -2.81. The summed E-state index contributed by atoms with van der Waals surface area (Å²) in [6.45, 7) is 3.51. The maximum Gasteiger partial charge on any atom is 0.329 e. The lowest BCUT2D eigenvalue weighted by Gasteiger charge is -2.11. The third-order valence-electron chi connectivity index (χ3n) is 2.63. The van der Waals surface area contributed by atoms with Crippen molar-refractivity contribution in [1.82, 2.24) is 15.1 Å². The molecule has 0 atom stereocenters. The third kappa shape index (κ3) is 5.40. The minimum absolute atomic E-state index is 0.0180. The molecule has 124 valence electrons. The van der Waals surface area contributed by atoms with E-state index in [1.54, 1.807) is 0 Å². The number of halogens is 2. The van der Waals surface area contributed by atoms with Crippen molar-refractivity contribution in [3.63, 3.8) is 0 Å². The Morgan fingerprint density at radius 2 is 2.14 bits per heavy atom. The zero-order valence-electron chi connectivity index (χ0n) is 12.4. The first-order chi connectivity index (χ1) is 10.3. The quantitative estimate of drug-likeness (QED) is 0.669. The summed E-state index contributed by atoms with van der Waals surface area (Å²) in [5, 5.41) is 14.6. The first-order valence-electron chi connectivity index (χ1n) is 6.74. The Hall–Kier alpha value is -2.03. The number of rotatable bonds is 9. The van der Waals surface area contributed by atoms with Crippen LogP contribution in [-0.4, -0.2) is 46.5 Å². The van der Waals surface area contributed by atoms with Crippen LogP contribution in [-0.2, 0) is 16.1 Å². The number of aromatic nitrogens is 2. The molecule has 0 saturated heterocycles. The average molecular weight is 319 g/mol. The lowest BCUT2D eigenvalue weighted by atomic mass is 10.2. The van der Waals surface area contributed by atoms with Crippen LogP contribution in [0.5, 0.6) is 0 Å². The zero-order valence-corrected chi connectivity index (χ0v) is 12.4. The van der Waals surface area contributed by atoms with E-state index in [4.69, 9.17) is 9.84 Å². The highest BCUT2D eigenvalue weighted by Crippen LogP contribution is 2.23. The Labute approximate surface area is 126 Å². The number of hydrogen-bond donors (Lipinski definition) is 2. The molecule has 1 amide bonds. The van der Waals surface area contributed by atoms with Crippen LogP contribution in [0.15, 0.2) is 6.20 Å². The van der Waals surface area contributed by atoms with Gasteiger partial charge in [-0.15, -0.1) is 0 Å². The normalized spacial score (nSPS) is 11.2. The fraction of sp³-hybridized carbons (Fsp3) is 0.615. The fourth-order valence-corrected chi connectivity index (χ4v) is 1.78. The SMILES string of the molecule is CC(C)Cn1ncc(C(=O)NCCOCC(=O)O)c1C(F)F. The van der Waals surface area contributed by atoms with E-state index in [0.717, 1.165) is 10.9 Å². The highest BCUT2D eigenvalue weighted by atomic mass is 19.3. The van der Waals surface area contributed by atoms with Crippen LogP contribution in [0, 0.1) is 5.92 Å². The average Bonchev–Trinajstić information content (AvgIpc) is 2.80. The lowest BCUT2D eigenvalue weighted by Crippen LogP contribution is -2.28. The molecule has 1 aromatic heterocycles. The number of nitrogens with one attached hydrogen (secondary N) is 1. The molecule has 0 aliphatic carbocycles. The van der Waals surface area contributed by atoms with Crippen LogP contribution in [0.25, 0.3) is 0 Å². The van der Waals surface area contributed by atoms with Crippen molar-refractivity contribution in [2.75, 3.05) is 19.8 Å². The molecule has 0 aromatic carbocycles. The van der Waals surface area contributed by atoms with Gasteiger partial charge in [0.2, 0.25) is 0 Å². The molecule has 0 unspecified atom stereocenters. The maximum absolute atomic E-state index is 13.1. The van der Waals surface area contributed by atoms with Gasteiger partial charge in [0.15, 0.2) is 0 Å². The van der Waals surface area contributed by atoms with Crippen molar-refractivity contribution in [3.8, 4) is 0 Å². The Bertz CT molecular complexity index is 517. The number of nitrogens with zero attached hydrogens (tertiary/aromatic N) is 2. The molecule has 0 saturated carbocycles. The summed E-state index contributed by atoms with van der Waals surface area (Å²) < 4.78 is 32.1. The van der Waals surface area contributed by atoms with Crippen molar-refractivity contribution < 1.29 is 28.2 Å². The summed E-state index contributed by atoms with van der Waals surface area (Å²) in [7, 11) is 0. The van der Waals surface area contributed by atoms with Crippen LogP contribution in [0.2, 0.25) is 0 Å². The van der Waals surface area contributed by atoms with Crippen molar-refractivity contribution in [3.05, 3.63) is 17.5 Å². The Morgan fingerprint density at radius 3 is 2.68 bits per heavy atom. The topological polar surface area (TPSA) is 93.5 Å². The van der Waals surface area contributed by atoms with Crippen molar-refractivity contribution in [1.29, 1.82) is 0 Å². The molecule has 0 aliphatic heterocycles. The predicted molar refractivity (Wildman–Crippen MR) is 72.8 cm³/mol. The summed E-state index contributed by atoms with van der Waals surface area (Å²) in [6.07, 6.45) is -1.71. The monoisotopic (exact) mass is 319 g/mol. The van der Waals surface area contributed by atoms with E-state index in [1.807, 2.05) is 13.8 Å². The molecule has 0 fully saturated rings. The molecule has 0 bridgehead atoms.